The third-order valence-corrected chi connectivity index (χ3v) is 4.37. The lowest BCUT2D eigenvalue weighted by Crippen LogP contribution is -2.35. The minimum Gasteiger partial charge on any atom is -0.438 e. The summed E-state index contributed by atoms with van der Waals surface area (Å²) >= 11 is 0. The SMILES string of the molecule is Cc1ccc2oc(N3CCCN(C(=O)c4ocnc4C)CC3)nc2n1. The van der Waals surface area contributed by atoms with Crippen molar-refractivity contribution in [2.24, 2.45) is 0 Å². The largest absolute Gasteiger partial charge is 0.438 e. The van der Waals surface area contributed by atoms with Crippen molar-refractivity contribution in [3.8, 4) is 0 Å². The number of fused-ring (bicyclic) bond motifs is 1. The van der Waals surface area contributed by atoms with Gasteiger partial charge < -0.3 is 18.6 Å². The Balaban J connectivity index is 1.50. The molecule has 25 heavy (non-hydrogen) atoms. The zero-order valence-corrected chi connectivity index (χ0v) is 14.2. The first-order valence-electron chi connectivity index (χ1n) is 8.30. The molecule has 3 aromatic heterocycles. The van der Waals surface area contributed by atoms with Gasteiger partial charge in [0.05, 0.1) is 5.69 Å². The summed E-state index contributed by atoms with van der Waals surface area (Å²) in [4.78, 5) is 29.3. The molecule has 0 saturated carbocycles. The highest BCUT2D eigenvalue weighted by Gasteiger charge is 2.25. The molecule has 3 aromatic rings. The van der Waals surface area contributed by atoms with Crippen molar-refractivity contribution < 1.29 is 13.6 Å². The van der Waals surface area contributed by atoms with Gasteiger partial charge in [-0.1, -0.05) is 0 Å². The number of aromatic nitrogens is 3. The zero-order chi connectivity index (χ0) is 17.4. The number of amides is 1. The molecule has 0 spiro atoms. The van der Waals surface area contributed by atoms with E-state index in [0.29, 0.717) is 48.3 Å². The van der Waals surface area contributed by atoms with Gasteiger partial charge in [-0.2, -0.15) is 4.98 Å². The number of pyridine rings is 1. The number of rotatable bonds is 2. The number of hydrogen-bond donors (Lipinski definition) is 0. The second-order valence-corrected chi connectivity index (χ2v) is 6.17. The molecule has 4 heterocycles. The molecule has 0 aromatic carbocycles. The maximum absolute atomic E-state index is 12.6. The van der Waals surface area contributed by atoms with Crippen molar-refractivity contribution in [1.29, 1.82) is 0 Å². The predicted octanol–water partition coefficient (Wildman–Crippen LogP) is 2.18. The van der Waals surface area contributed by atoms with Gasteiger partial charge in [-0.15, -0.1) is 0 Å². The van der Waals surface area contributed by atoms with Crippen molar-refractivity contribution in [1.82, 2.24) is 19.9 Å². The van der Waals surface area contributed by atoms with Crippen LogP contribution in [-0.4, -0.2) is 51.9 Å². The van der Waals surface area contributed by atoms with Gasteiger partial charge in [-0.25, -0.2) is 9.97 Å². The van der Waals surface area contributed by atoms with Crippen LogP contribution in [0.2, 0.25) is 0 Å². The Morgan fingerprint density at radius 3 is 2.80 bits per heavy atom. The molecule has 1 aliphatic heterocycles. The van der Waals surface area contributed by atoms with Gasteiger partial charge in [0.1, 0.15) is 0 Å². The first-order chi connectivity index (χ1) is 12.1. The summed E-state index contributed by atoms with van der Waals surface area (Å²) in [5, 5.41) is 0. The maximum Gasteiger partial charge on any atom is 0.300 e. The van der Waals surface area contributed by atoms with E-state index in [1.807, 2.05) is 19.1 Å². The van der Waals surface area contributed by atoms with Gasteiger partial charge >= 0.3 is 0 Å². The number of carbonyl (C=O) groups is 1. The van der Waals surface area contributed by atoms with Crippen LogP contribution >= 0.6 is 0 Å². The van der Waals surface area contributed by atoms with Crippen molar-refractivity contribution in [2.75, 3.05) is 31.1 Å². The van der Waals surface area contributed by atoms with E-state index in [9.17, 15) is 4.79 Å². The van der Waals surface area contributed by atoms with Crippen LogP contribution < -0.4 is 4.90 Å². The van der Waals surface area contributed by atoms with Gasteiger partial charge in [-0.05, 0) is 32.4 Å². The number of anilines is 1. The average Bonchev–Trinajstić information content (AvgIpc) is 3.12. The molecule has 1 amide bonds. The summed E-state index contributed by atoms with van der Waals surface area (Å²) in [5.41, 5.74) is 2.81. The first kappa shape index (κ1) is 15.6. The van der Waals surface area contributed by atoms with E-state index in [1.54, 1.807) is 11.8 Å². The summed E-state index contributed by atoms with van der Waals surface area (Å²) in [6, 6.07) is 4.34. The lowest BCUT2D eigenvalue weighted by molar-refractivity contribution is 0.0734. The summed E-state index contributed by atoms with van der Waals surface area (Å²) in [6.45, 7) is 6.34. The number of nitrogens with zero attached hydrogens (tertiary/aromatic N) is 5. The Labute approximate surface area is 144 Å². The van der Waals surface area contributed by atoms with E-state index in [0.717, 1.165) is 18.7 Å². The monoisotopic (exact) mass is 341 g/mol. The van der Waals surface area contributed by atoms with Crippen LogP contribution in [0.15, 0.2) is 27.4 Å². The number of oxazole rings is 2. The Kier molecular flexibility index (Phi) is 3.87. The Hall–Kier alpha value is -2.90. The molecule has 0 atom stereocenters. The van der Waals surface area contributed by atoms with Crippen molar-refractivity contribution >= 4 is 23.2 Å². The molecule has 4 rings (SSSR count). The van der Waals surface area contributed by atoms with E-state index >= 15 is 0 Å². The summed E-state index contributed by atoms with van der Waals surface area (Å²) in [6.07, 6.45) is 2.13. The highest BCUT2D eigenvalue weighted by Crippen LogP contribution is 2.22. The minimum atomic E-state index is -0.119. The van der Waals surface area contributed by atoms with Gasteiger partial charge in [0.2, 0.25) is 11.4 Å². The van der Waals surface area contributed by atoms with Crippen LogP contribution in [0.1, 0.15) is 28.4 Å². The minimum absolute atomic E-state index is 0.119. The van der Waals surface area contributed by atoms with Crippen LogP contribution in [0.5, 0.6) is 0 Å². The second-order valence-electron chi connectivity index (χ2n) is 6.17. The molecule has 0 N–H and O–H groups in total. The van der Waals surface area contributed by atoms with Gasteiger partial charge in [-0.3, -0.25) is 4.79 Å². The number of aryl methyl sites for hydroxylation is 2. The normalized spacial score (nSPS) is 15.6. The third-order valence-electron chi connectivity index (χ3n) is 4.37. The standard InChI is InChI=1S/C17H19N5O3/c1-11-4-5-13-15(19-11)20-17(25-13)22-7-3-6-21(8-9-22)16(23)14-12(2)18-10-24-14/h4-5,10H,3,6-9H2,1-2H3. The molecule has 0 unspecified atom stereocenters. The molecule has 0 radical (unpaired) electrons. The van der Waals surface area contributed by atoms with Gasteiger partial charge in [0.15, 0.2) is 12.0 Å². The smallest absolute Gasteiger partial charge is 0.300 e. The Morgan fingerprint density at radius 1 is 1.12 bits per heavy atom. The number of hydrogen-bond acceptors (Lipinski definition) is 7. The maximum atomic E-state index is 12.6. The molecule has 0 aliphatic carbocycles. The quantitative estimate of drug-likeness (QED) is 0.706. The Bertz CT molecular complexity index is 916. The topological polar surface area (TPSA) is 88.5 Å². The second kappa shape index (κ2) is 6.19. The molecular weight excluding hydrogens is 322 g/mol. The molecule has 1 fully saturated rings. The van der Waals surface area contributed by atoms with E-state index in [2.05, 4.69) is 19.9 Å². The Morgan fingerprint density at radius 2 is 2.00 bits per heavy atom. The van der Waals surface area contributed by atoms with Crippen LogP contribution in [0, 0.1) is 13.8 Å². The molecular formula is C17H19N5O3. The molecule has 1 aliphatic rings. The van der Waals surface area contributed by atoms with Crippen LogP contribution in [0.25, 0.3) is 11.2 Å². The van der Waals surface area contributed by atoms with E-state index in [1.165, 1.54) is 6.39 Å². The molecule has 8 nitrogen and oxygen atoms in total. The van der Waals surface area contributed by atoms with Crippen LogP contribution in [0.3, 0.4) is 0 Å². The molecule has 1 saturated heterocycles. The predicted molar refractivity (Wildman–Crippen MR) is 90.5 cm³/mol. The fourth-order valence-corrected chi connectivity index (χ4v) is 3.00. The van der Waals surface area contributed by atoms with Gasteiger partial charge in [0, 0.05) is 31.9 Å². The summed E-state index contributed by atoms with van der Waals surface area (Å²) < 4.78 is 11.1. The van der Waals surface area contributed by atoms with Crippen molar-refractivity contribution in [2.45, 2.75) is 20.3 Å². The van der Waals surface area contributed by atoms with Crippen LogP contribution in [0.4, 0.5) is 6.01 Å². The lowest BCUT2D eigenvalue weighted by Gasteiger charge is -2.20. The fraction of sp³-hybridized carbons (Fsp3) is 0.412. The van der Waals surface area contributed by atoms with Crippen molar-refractivity contribution in [3.05, 3.63) is 35.7 Å². The van der Waals surface area contributed by atoms with Crippen LogP contribution in [-0.2, 0) is 0 Å². The third kappa shape index (κ3) is 2.95. The highest BCUT2D eigenvalue weighted by molar-refractivity contribution is 5.92. The lowest BCUT2D eigenvalue weighted by atomic mass is 10.3. The average molecular weight is 341 g/mol. The zero-order valence-electron chi connectivity index (χ0n) is 14.2. The number of carbonyl (C=O) groups excluding carboxylic acids is 1. The van der Waals surface area contributed by atoms with E-state index < -0.39 is 0 Å². The van der Waals surface area contributed by atoms with Crippen molar-refractivity contribution in [3.63, 3.8) is 0 Å². The van der Waals surface area contributed by atoms with Gasteiger partial charge in [0.25, 0.3) is 11.9 Å². The summed E-state index contributed by atoms with van der Waals surface area (Å²) in [7, 11) is 0. The summed E-state index contributed by atoms with van der Waals surface area (Å²) in [5.74, 6) is 0.196. The van der Waals surface area contributed by atoms with E-state index in [4.69, 9.17) is 8.83 Å². The first-order valence-corrected chi connectivity index (χ1v) is 8.30. The molecule has 8 heteroatoms. The highest BCUT2D eigenvalue weighted by atomic mass is 16.4. The molecule has 130 valence electrons. The fourth-order valence-electron chi connectivity index (χ4n) is 3.00. The van der Waals surface area contributed by atoms with E-state index in [-0.39, 0.29) is 5.91 Å². The molecule has 0 bridgehead atoms.